The number of rotatable bonds is 9. The number of nitrogens with one attached hydrogen (secondary N) is 2. The van der Waals surface area contributed by atoms with Gasteiger partial charge in [0.05, 0.1) is 0 Å². The summed E-state index contributed by atoms with van der Waals surface area (Å²) in [4.78, 5) is 43.1. The van der Waals surface area contributed by atoms with Crippen LogP contribution in [0.2, 0.25) is 0 Å². The summed E-state index contributed by atoms with van der Waals surface area (Å²) < 4.78 is 19.1. The van der Waals surface area contributed by atoms with Gasteiger partial charge >= 0.3 is 6.09 Å². The van der Waals surface area contributed by atoms with Crippen molar-refractivity contribution in [2.24, 2.45) is 5.92 Å². The summed E-state index contributed by atoms with van der Waals surface area (Å²) in [5.41, 5.74) is 2.27. The standard InChI is InChI=1S/C31H37FN4O4/c1-20(22-6-7-22)35(16-13-21-4-8-24(32)9-5-21)28(37)19-36-29(38)31(40-30(36)39)14-12-23-17-25(10-11-27(23)31)34-26-3-2-15-33-18-26/h4-5,8-11,17,20,22,26,33-34H,2-3,6-7,12-16,18-19H2,1H3. The molecule has 0 bridgehead atoms. The molecule has 3 fully saturated rings. The van der Waals surface area contributed by atoms with E-state index in [1.807, 2.05) is 19.1 Å². The van der Waals surface area contributed by atoms with Gasteiger partial charge in [-0.15, -0.1) is 0 Å². The summed E-state index contributed by atoms with van der Waals surface area (Å²) in [7, 11) is 0. The molecular weight excluding hydrogens is 511 g/mol. The smallest absolute Gasteiger partial charge is 0.418 e. The maximum Gasteiger partial charge on any atom is 0.418 e. The van der Waals surface area contributed by atoms with Crippen molar-refractivity contribution in [3.05, 3.63) is 65.0 Å². The van der Waals surface area contributed by atoms with Crippen LogP contribution in [-0.2, 0) is 32.8 Å². The number of carbonyl (C=O) groups is 3. The van der Waals surface area contributed by atoms with Crippen LogP contribution in [0.5, 0.6) is 0 Å². The molecule has 2 aliphatic heterocycles. The number of amides is 3. The molecule has 2 aliphatic carbocycles. The number of hydrogen-bond acceptors (Lipinski definition) is 6. The van der Waals surface area contributed by atoms with Crippen LogP contribution in [0.25, 0.3) is 0 Å². The van der Waals surface area contributed by atoms with Gasteiger partial charge in [-0.3, -0.25) is 9.59 Å². The lowest BCUT2D eigenvalue weighted by molar-refractivity contribution is -0.142. The molecule has 6 rings (SSSR count). The van der Waals surface area contributed by atoms with Gasteiger partial charge in [0.25, 0.3) is 5.91 Å². The highest BCUT2D eigenvalue weighted by molar-refractivity contribution is 6.06. The van der Waals surface area contributed by atoms with E-state index in [1.165, 1.54) is 12.1 Å². The molecule has 3 unspecified atom stereocenters. The van der Waals surface area contributed by atoms with Crippen LogP contribution in [0, 0.1) is 11.7 Å². The van der Waals surface area contributed by atoms with Crippen LogP contribution in [0.15, 0.2) is 42.5 Å². The second-order valence-electron chi connectivity index (χ2n) is 11.7. The van der Waals surface area contributed by atoms with E-state index in [-0.39, 0.29) is 24.3 Å². The number of hydrogen-bond donors (Lipinski definition) is 2. The molecule has 40 heavy (non-hydrogen) atoms. The Bertz CT molecular complexity index is 1290. The summed E-state index contributed by atoms with van der Waals surface area (Å²) in [6.07, 6.45) is 5.14. The quantitative estimate of drug-likeness (QED) is 0.493. The first-order valence-corrected chi connectivity index (χ1v) is 14.5. The second kappa shape index (κ2) is 10.8. The molecule has 2 heterocycles. The zero-order chi connectivity index (χ0) is 27.9. The van der Waals surface area contributed by atoms with Gasteiger partial charge in [0.1, 0.15) is 12.4 Å². The van der Waals surface area contributed by atoms with Crippen LogP contribution in [0.4, 0.5) is 14.9 Å². The molecule has 2 aromatic carbocycles. The highest BCUT2D eigenvalue weighted by Crippen LogP contribution is 2.46. The fourth-order valence-electron chi connectivity index (χ4n) is 6.47. The molecule has 0 radical (unpaired) electrons. The van der Waals surface area contributed by atoms with E-state index in [4.69, 9.17) is 4.74 Å². The predicted octanol–water partition coefficient (Wildman–Crippen LogP) is 3.98. The zero-order valence-electron chi connectivity index (χ0n) is 23.0. The van der Waals surface area contributed by atoms with Crippen LogP contribution in [-0.4, -0.2) is 66.0 Å². The highest BCUT2D eigenvalue weighted by Gasteiger charge is 2.58. The van der Waals surface area contributed by atoms with Crippen LogP contribution in [0.3, 0.4) is 0 Å². The van der Waals surface area contributed by atoms with E-state index in [1.54, 1.807) is 17.0 Å². The molecule has 1 saturated carbocycles. The van der Waals surface area contributed by atoms with Crippen molar-refractivity contribution in [1.82, 2.24) is 15.1 Å². The van der Waals surface area contributed by atoms with Crippen molar-refractivity contribution >= 4 is 23.6 Å². The predicted molar refractivity (Wildman–Crippen MR) is 148 cm³/mol. The summed E-state index contributed by atoms with van der Waals surface area (Å²) in [6, 6.07) is 12.5. The van der Waals surface area contributed by atoms with Crippen LogP contribution >= 0.6 is 0 Å². The van der Waals surface area contributed by atoms with Crippen molar-refractivity contribution in [2.75, 3.05) is 31.5 Å². The first-order chi connectivity index (χ1) is 19.3. The first kappa shape index (κ1) is 26.7. The van der Waals surface area contributed by atoms with E-state index in [9.17, 15) is 18.8 Å². The van der Waals surface area contributed by atoms with E-state index < -0.39 is 17.6 Å². The maximum atomic E-state index is 13.7. The summed E-state index contributed by atoms with van der Waals surface area (Å²) in [5, 5.41) is 6.98. The number of nitrogens with zero attached hydrogens (tertiary/aromatic N) is 2. The Morgan fingerprint density at radius 2 is 2.00 bits per heavy atom. The third-order valence-corrected chi connectivity index (χ3v) is 8.99. The van der Waals surface area contributed by atoms with Gasteiger partial charge < -0.3 is 20.3 Å². The van der Waals surface area contributed by atoms with Crippen LogP contribution in [0.1, 0.15) is 55.7 Å². The Kier molecular flexibility index (Phi) is 7.25. The van der Waals surface area contributed by atoms with Gasteiger partial charge in [0.15, 0.2) is 0 Å². The molecule has 2 N–H and O–H groups in total. The summed E-state index contributed by atoms with van der Waals surface area (Å²) in [5.74, 6) is -0.619. The Hall–Kier alpha value is -3.46. The van der Waals surface area contributed by atoms with Gasteiger partial charge in [0, 0.05) is 42.8 Å². The van der Waals surface area contributed by atoms with Gasteiger partial charge in [0.2, 0.25) is 11.5 Å². The highest BCUT2D eigenvalue weighted by atomic mass is 19.1. The fourth-order valence-corrected chi connectivity index (χ4v) is 6.47. The van der Waals surface area contributed by atoms with Crippen molar-refractivity contribution < 1.29 is 23.5 Å². The number of carbonyl (C=O) groups excluding carboxylic acids is 3. The number of fused-ring (bicyclic) bond motifs is 2. The number of halogens is 1. The Morgan fingerprint density at radius 1 is 1.20 bits per heavy atom. The lowest BCUT2D eigenvalue weighted by atomic mass is 9.94. The topological polar surface area (TPSA) is 91.0 Å². The van der Waals surface area contributed by atoms with Gasteiger partial charge in [-0.05, 0) is 93.3 Å². The number of imide groups is 1. The van der Waals surface area contributed by atoms with Gasteiger partial charge in [-0.2, -0.15) is 0 Å². The number of ether oxygens (including phenoxy) is 1. The van der Waals surface area contributed by atoms with Crippen molar-refractivity contribution in [2.45, 2.75) is 69.6 Å². The minimum absolute atomic E-state index is 0.00636. The molecule has 1 spiro atoms. The van der Waals surface area contributed by atoms with E-state index in [0.717, 1.165) is 60.5 Å². The van der Waals surface area contributed by atoms with Crippen molar-refractivity contribution in [3.8, 4) is 0 Å². The third kappa shape index (κ3) is 5.19. The molecule has 8 nitrogen and oxygen atoms in total. The average molecular weight is 549 g/mol. The number of benzene rings is 2. The molecule has 2 saturated heterocycles. The normalized spacial score (nSPS) is 24.6. The van der Waals surface area contributed by atoms with Crippen molar-refractivity contribution in [1.29, 1.82) is 0 Å². The lowest BCUT2D eigenvalue weighted by Crippen LogP contribution is -2.48. The number of aryl methyl sites for hydroxylation is 1. The Balaban J connectivity index is 1.15. The molecule has 2 aromatic rings. The summed E-state index contributed by atoms with van der Waals surface area (Å²) >= 11 is 0. The molecule has 9 heteroatoms. The zero-order valence-corrected chi connectivity index (χ0v) is 23.0. The minimum atomic E-state index is -1.36. The third-order valence-electron chi connectivity index (χ3n) is 8.99. The Morgan fingerprint density at radius 3 is 2.73 bits per heavy atom. The minimum Gasteiger partial charge on any atom is -0.427 e. The molecule has 0 aromatic heterocycles. The molecule has 4 aliphatic rings. The van der Waals surface area contributed by atoms with E-state index in [2.05, 4.69) is 16.7 Å². The number of anilines is 1. The van der Waals surface area contributed by atoms with Crippen molar-refractivity contribution in [3.63, 3.8) is 0 Å². The first-order valence-electron chi connectivity index (χ1n) is 14.5. The monoisotopic (exact) mass is 548 g/mol. The lowest BCUT2D eigenvalue weighted by Gasteiger charge is -2.30. The SMILES string of the molecule is CC(C1CC1)N(CCc1ccc(F)cc1)C(=O)CN1C(=O)OC2(CCc3cc(NC4CCCNC4)ccc32)C1=O. The average Bonchev–Trinajstić information content (AvgIpc) is 3.71. The molecule has 3 amide bonds. The molecule has 212 valence electrons. The molecular formula is C31H37FN4O4. The van der Waals surface area contributed by atoms with E-state index >= 15 is 0 Å². The number of piperidine rings is 1. The van der Waals surface area contributed by atoms with Crippen LogP contribution < -0.4 is 10.6 Å². The second-order valence-corrected chi connectivity index (χ2v) is 11.7. The van der Waals surface area contributed by atoms with Gasteiger partial charge in [-0.25, -0.2) is 14.1 Å². The van der Waals surface area contributed by atoms with Gasteiger partial charge in [-0.1, -0.05) is 18.2 Å². The fraction of sp³-hybridized carbons (Fsp3) is 0.516. The maximum absolute atomic E-state index is 13.7. The van der Waals surface area contributed by atoms with E-state index in [0.29, 0.717) is 43.3 Å². The Labute approximate surface area is 234 Å². The molecule has 3 atom stereocenters. The largest absolute Gasteiger partial charge is 0.427 e. The summed E-state index contributed by atoms with van der Waals surface area (Å²) in [6.45, 7) is 4.07.